The second-order valence-electron chi connectivity index (χ2n) is 7.44. The molecule has 8 nitrogen and oxygen atoms in total. The largest absolute Gasteiger partial charge is 0.494 e. The highest BCUT2D eigenvalue weighted by atomic mass is 32.2. The lowest BCUT2D eigenvalue weighted by Gasteiger charge is -2.16. The first-order chi connectivity index (χ1) is 15.5. The Bertz CT molecular complexity index is 1080. The third-order valence-corrected chi connectivity index (χ3v) is 5.84. The number of hydrogen-bond acceptors (Lipinski definition) is 7. The highest BCUT2D eigenvalue weighted by Crippen LogP contribution is 2.32. The van der Waals surface area contributed by atoms with Gasteiger partial charge in [-0.2, -0.15) is 0 Å². The Hall–Kier alpha value is -3.33. The van der Waals surface area contributed by atoms with Gasteiger partial charge in [-0.25, -0.2) is 0 Å². The summed E-state index contributed by atoms with van der Waals surface area (Å²) in [5.41, 5.74) is 2.69. The van der Waals surface area contributed by atoms with Gasteiger partial charge in [-0.15, -0.1) is 10.2 Å². The molecule has 1 aliphatic heterocycles. The monoisotopic (exact) mass is 452 g/mol. The van der Waals surface area contributed by atoms with Crippen LogP contribution < -0.4 is 15.0 Å². The molecule has 2 amide bonds. The van der Waals surface area contributed by atoms with Crippen molar-refractivity contribution in [1.29, 1.82) is 0 Å². The Balaban J connectivity index is 1.29. The van der Waals surface area contributed by atoms with E-state index in [-0.39, 0.29) is 23.5 Å². The summed E-state index contributed by atoms with van der Waals surface area (Å²) in [7, 11) is 0. The van der Waals surface area contributed by atoms with Crippen molar-refractivity contribution in [2.24, 2.45) is 0 Å². The van der Waals surface area contributed by atoms with Crippen LogP contribution in [0.1, 0.15) is 30.7 Å². The molecule has 1 unspecified atom stereocenters. The molecular formula is C23H24N4O4S. The van der Waals surface area contributed by atoms with Crippen LogP contribution in [0.4, 0.5) is 11.4 Å². The number of rotatable bonds is 8. The fourth-order valence-electron chi connectivity index (χ4n) is 3.42. The fraction of sp³-hybridized carbons (Fsp3) is 0.304. The number of aromatic nitrogens is 2. The molecule has 32 heavy (non-hydrogen) atoms. The summed E-state index contributed by atoms with van der Waals surface area (Å²) in [4.78, 5) is 26.4. The Morgan fingerprint density at radius 3 is 2.66 bits per heavy atom. The Kier molecular flexibility index (Phi) is 6.75. The molecule has 166 valence electrons. The number of hydrogen-bond donors (Lipinski definition) is 1. The average Bonchev–Trinajstić information content (AvgIpc) is 3.41. The predicted molar refractivity (Wildman–Crippen MR) is 122 cm³/mol. The summed E-state index contributed by atoms with van der Waals surface area (Å²) in [5.74, 6) is 0.991. The summed E-state index contributed by atoms with van der Waals surface area (Å²) in [6.07, 6.45) is 0.318. The topological polar surface area (TPSA) is 97.6 Å². The van der Waals surface area contributed by atoms with E-state index in [2.05, 4.69) is 15.5 Å². The van der Waals surface area contributed by atoms with Gasteiger partial charge in [-0.05, 0) is 50.2 Å². The first kappa shape index (κ1) is 21.9. The first-order valence-corrected chi connectivity index (χ1v) is 11.4. The minimum absolute atomic E-state index is 0.0287. The maximum atomic E-state index is 12.5. The smallest absolute Gasteiger partial charge is 0.277 e. The summed E-state index contributed by atoms with van der Waals surface area (Å²) < 4.78 is 11.1. The van der Waals surface area contributed by atoms with Gasteiger partial charge in [0, 0.05) is 24.3 Å². The van der Waals surface area contributed by atoms with Gasteiger partial charge >= 0.3 is 0 Å². The highest BCUT2D eigenvalue weighted by Gasteiger charge is 2.35. The Morgan fingerprint density at radius 1 is 1.19 bits per heavy atom. The van der Waals surface area contributed by atoms with Crippen LogP contribution in [0.15, 0.2) is 58.2 Å². The molecule has 1 aliphatic rings. The molecule has 1 aromatic heterocycles. The second kappa shape index (κ2) is 9.86. The standard InChI is InChI=1S/C23H24N4O4S/c1-3-30-19-10-6-17(7-11-19)24-20(28)14-32-23-26-25-22(31-23)16-12-21(29)27(13-16)18-8-4-15(2)5-9-18/h4-11,16H,3,12-14H2,1-2H3,(H,24,28). The van der Waals surface area contributed by atoms with Crippen molar-refractivity contribution >= 4 is 35.0 Å². The van der Waals surface area contributed by atoms with Crippen LogP contribution in [-0.2, 0) is 9.59 Å². The van der Waals surface area contributed by atoms with E-state index in [0.29, 0.717) is 36.4 Å². The molecule has 2 aromatic carbocycles. The van der Waals surface area contributed by atoms with Crippen molar-refractivity contribution in [2.45, 2.75) is 31.4 Å². The van der Waals surface area contributed by atoms with Gasteiger partial charge in [0.15, 0.2) is 0 Å². The zero-order chi connectivity index (χ0) is 22.5. The number of amides is 2. The summed E-state index contributed by atoms with van der Waals surface area (Å²) in [6, 6.07) is 15.0. The number of nitrogens with one attached hydrogen (secondary N) is 1. The van der Waals surface area contributed by atoms with Crippen LogP contribution in [-0.4, -0.2) is 40.9 Å². The quantitative estimate of drug-likeness (QED) is 0.515. The molecule has 1 fully saturated rings. The molecule has 0 saturated carbocycles. The van der Waals surface area contributed by atoms with E-state index >= 15 is 0 Å². The molecule has 0 bridgehead atoms. The van der Waals surface area contributed by atoms with Gasteiger partial charge < -0.3 is 19.4 Å². The number of ether oxygens (including phenoxy) is 1. The van der Waals surface area contributed by atoms with Crippen LogP contribution in [0.2, 0.25) is 0 Å². The zero-order valence-electron chi connectivity index (χ0n) is 17.9. The highest BCUT2D eigenvalue weighted by molar-refractivity contribution is 7.99. The molecule has 0 spiro atoms. The van der Waals surface area contributed by atoms with Crippen molar-refractivity contribution in [2.75, 3.05) is 29.1 Å². The van der Waals surface area contributed by atoms with Crippen molar-refractivity contribution in [3.05, 3.63) is 60.0 Å². The number of aryl methyl sites for hydroxylation is 1. The molecule has 1 atom stereocenters. The van der Waals surface area contributed by atoms with Crippen LogP contribution in [0, 0.1) is 6.92 Å². The maximum absolute atomic E-state index is 12.5. The van der Waals surface area contributed by atoms with E-state index < -0.39 is 0 Å². The fourth-order valence-corrected chi connectivity index (χ4v) is 3.99. The molecule has 0 radical (unpaired) electrons. The van der Waals surface area contributed by atoms with Gasteiger partial charge in [-0.1, -0.05) is 29.5 Å². The van der Waals surface area contributed by atoms with Gasteiger partial charge in [0.1, 0.15) is 5.75 Å². The Morgan fingerprint density at radius 2 is 1.94 bits per heavy atom. The molecule has 1 saturated heterocycles. The van der Waals surface area contributed by atoms with E-state index in [0.717, 1.165) is 28.8 Å². The van der Waals surface area contributed by atoms with Crippen LogP contribution >= 0.6 is 11.8 Å². The predicted octanol–water partition coefficient (Wildman–Crippen LogP) is 4.03. The average molecular weight is 453 g/mol. The molecule has 9 heteroatoms. The molecule has 3 aromatic rings. The maximum Gasteiger partial charge on any atom is 0.277 e. The number of carbonyl (C=O) groups is 2. The zero-order valence-corrected chi connectivity index (χ0v) is 18.7. The van der Waals surface area contributed by atoms with E-state index in [4.69, 9.17) is 9.15 Å². The summed E-state index contributed by atoms with van der Waals surface area (Å²) >= 11 is 1.16. The SMILES string of the molecule is CCOc1ccc(NC(=O)CSc2nnc(C3CC(=O)N(c4ccc(C)cc4)C3)o2)cc1. The minimum Gasteiger partial charge on any atom is -0.494 e. The van der Waals surface area contributed by atoms with Crippen LogP contribution in [0.25, 0.3) is 0 Å². The number of anilines is 2. The second-order valence-corrected chi connectivity index (χ2v) is 8.37. The van der Waals surface area contributed by atoms with Crippen molar-refractivity contribution in [3.8, 4) is 5.75 Å². The summed E-state index contributed by atoms with van der Waals surface area (Å²) in [6.45, 7) is 5.01. The van der Waals surface area contributed by atoms with Gasteiger partial charge in [0.05, 0.1) is 18.3 Å². The lowest BCUT2D eigenvalue weighted by Crippen LogP contribution is -2.24. The molecule has 0 aliphatic carbocycles. The first-order valence-electron chi connectivity index (χ1n) is 10.4. The molecular weight excluding hydrogens is 428 g/mol. The lowest BCUT2D eigenvalue weighted by molar-refractivity contribution is -0.117. The van der Waals surface area contributed by atoms with Crippen LogP contribution in [0.5, 0.6) is 5.75 Å². The number of nitrogens with zero attached hydrogens (tertiary/aromatic N) is 3. The molecule has 2 heterocycles. The number of benzene rings is 2. The third kappa shape index (κ3) is 5.28. The van der Waals surface area contributed by atoms with Crippen molar-refractivity contribution in [3.63, 3.8) is 0 Å². The lowest BCUT2D eigenvalue weighted by atomic mass is 10.1. The number of carbonyl (C=O) groups excluding carboxylic acids is 2. The third-order valence-electron chi connectivity index (χ3n) is 5.02. The van der Waals surface area contributed by atoms with Crippen molar-refractivity contribution < 1.29 is 18.7 Å². The molecule has 4 rings (SSSR count). The summed E-state index contributed by atoms with van der Waals surface area (Å²) in [5, 5.41) is 11.3. The van der Waals surface area contributed by atoms with Gasteiger partial charge in [-0.3, -0.25) is 9.59 Å². The van der Waals surface area contributed by atoms with E-state index in [9.17, 15) is 9.59 Å². The van der Waals surface area contributed by atoms with Crippen molar-refractivity contribution in [1.82, 2.24) is 10.2 Å². The van der Waals surface area contributed by atoms with Crippen LogP contribution in [0.3, 0.4) is 0 Å². The normalized spacial score (nSPS) is 15.8. The van der Waals surface area contributed by atoms with Gasteiger partial charge in [0.2, 0.25) is 17.7 Å². The van der Waals surface area contributed by atoms with Gasteiger partial charge in [0.25, 0.3) is 5.22 Å². The minimum atomic E-state index is -0.180. The molecule has 1 N–H and O–H groups in total. The Labute approximate surface area is 190 Å². The van der Waals surface area contributed by atoms with E-state index in [1.165, 1.54) is 0 Å². The number of thioether (sulfide) groups is 1. The van der Waals surface area contributed by atoms with E-state index in [1.807, 2.05) is 38.1 Å². The van der Waals surface area contributed by atoms with E-state index in [1.54, 1.807) is 29.2 Å².